The number of hydrogen-bond acceptors (Lipinski definition) is 2. The first-order valence-electron chi connectivity index (χ1n) is 4.68. The van der Waals surface area contributed by atoms with Crippen LogP contribution in [-0.4, -0.2) is 24.4 Å². The van der Waals surface area contributed by atoms with Crippen LogP contribution in [-0.2, 0) is 5.67 Å². The highest BCUT2D eigenvalue weighted by Crippen LogP contribution is 2.51. The van der Waals surface area contributed by atoms with E-state index in [4.69, 9.17) is 5.11 Å². The predicted molar refractivity (Wildman–Crippen MR) is 52.0 cm³/mol. The average molecular weight is 273 g/mol. The van der Waals surface area contributed by atoms with Gasteiger partial charge in [-0.2, -0.15) is 22.0 Å². The van der Waals surface area contributed by atoms with Gasteiger partial charge in [-0.3, -0.25) is 0 Å². The highest BCUT2D eigenvalue weighted by molar-refractivity contribution is 5.45. The third-order valence-corrected chi connectivity index (χ3v) is 2.38. The van der Waals surface area contributed by atoms with E-state index in [2.05, 4.69) is 5.32 Å². The van der Waals surface area contributed by atoms with Crippen molar-refractivity contribution in [3.63, 3.8) is 0 Å². The second-order valence-electron chi connectivity index (χ2n) is 3.52. The first-order valence-corrected chi connectivity index (χ1v) is 4.68. The first kappa shape index (κ1) is 14.6. The van der Waals surface area contributed by atoms with Gasteiger partial charge < -0.3 is 10.4 Å². The van der Waals surface area contributed by atoms with Crippen molar-refractivity contribution < 1.29 is 31.4 Å². The van der Waals surface area contributed by atoms with Crippen LogP contribution in [0.25, 0.3) is 0 Å². The smallest absolute Gasteiger partial charge is 0.388 e. The highest BCUT2D eigenvalue weighted by Gasteiger charge is 2.72. The van der Waals surface area contributed by atoms with Gasteiger partial charge in [0.1, 0.15) is 0 Å². The van der Waals surface area contributed by atoms with E-state index in [1.54, 1.807) is 0 Å². The molecule has 0 aliphatic rings. The molecule has 0 fully saturated rings. The molecule has 0 saturated heterocycles. The van der Waals surface area contributed by atoms with Gasteiger partial charge in [-0.15, -0.1) is 0 Å². The molecular weight excluding hydrogens is 264 g/mol. The summed E-state index contributed by atoms with van der Waals surface area (Å²) in [6.07, 6.45) is -11.5. The standard InChI is InChI=1S/C10H9F6NO/c1-17-7-4-2-6(3-5-7)8(11,9(12,13)14)10(15,16)18/h2-5,17-18H,1H3. The van der Waals surface area contributed by atoms with Crippen molar-refractivity contribution in [2.45, 2.75) is 18.0 Å². The molecule has 102 valence electrons. The molecule has 1 atom stereocenters. The summed E-state index contributed by atoms with van der Waals surface area (Å²) < 4.78 is 76.1. The summed E-state index contributed by atoms with van der Waals surface area (Å²) in [5, 5.41) is 10.7. The molecule has 0 aliphatic heterocycles. The van der Waals surface area contributed by atoms with E-state index >= 15 is 0 Å². The fourth-order valence-electron chi connectivity index (χ4n) is 1.37. The third kappa shape index (κ3) is 2.24. The minimum absolute atomic E-state index is 0.310. The van der Waals surface area contributed by atoms with Crippen molar-refractivity contribution in [3.8, 4) is 0 Å². The Bertz CT molecular complexity index is 394. The Morgan fingerprint density at radius 3 is 1.67 bits per heavy atom. The van der Waals surface area contributed by atoms with Gasteiger partial charge >= 0.3 is 18.0 Å². The van der Waals surface area contributed by atoms with Crippen LogP contribution in [0.15, 0.2) is 24.3 Å². The van der Waals surface area contributed by atoms with E-state index in [0.29, 0.717) is 17.8 Å². The normalized spacial score (nSPS) is 16.2. The maximum absolute atomic E-state index is 13.6. The molecule has 18 heavy (non-hydrogen) atoms. The zero-order valence-electron chi connectivity index (χ0n) is 9.02. The molecular formula is C10H9F6NO. The quantitative estimate of drug-likeness (QED) is 0.830. The van der Waals surface area contributed by atoms with Gasteiger partial charge in [0.25, 0.3) is 0 Å². The molecule has 0 saturated carbocycles. The molecule has 0 spiro atoms. The molecule has 1 aromatic carbocycles. The third-order valence-electron chi connectivity index (χ3n) is 2.38. The lowest BCUT2D eigenvalue weighted by Crippen LogP contribution is -2.52. The van der Waals surface area contributed by atoms with Crippen molar-refractivity contribution in [1.82, 2.24) is 0 Å². The van der Waals surface area contributed by atoms with E-state index in [1.807, 2.05) is 0 Å². The van der Waals surface area contributed by atoms with E-state index in [1.165, 1.54) is 7.05 Å². The zero-order chi connectivity index (χ0) is 14.2. The summed E-state index contributed by atoms with van der Waals surface area (Å²) in [5.41, 5.74) is -6.21. The number of rotatable bonds is 3. The van der Waals surface area contributed by atoms with Gasteiger partial charge in [-0.1, -0.05) is 12.1 Å². The van der Waals surface area contributed by atoms with E-state index in [-0.39, 0.29) is 0 Å². The van der Waals surface area contributed by atoms with Crippen LogP contribution in [0.4, 0.5) is 32.0 Å². The van der Waals surface area contributed by atoms with E-state index in [0.717, 1.165) is 12.1 Å². The Morgan fingerprint density at radius 2 is 1.39 bits per heavy atom. The lowest BCUT2D eigenvalue weighted by molar-refractivity contribution is -0.375. The summed E-state index contributed by atoms with van der Waals surface area (Å²) in [4.78, 5) is 0. The molecule has 0 heterocycles. The summed E-state index contributed by atoms with van der Waals surface area (Å²) in [5.74, 6) is 0. The Morgan fingerprint density at radius 1 is 0.944 bits per heavy atom. The maximum Gasteiger partial charge on any atom is 0.435 e. The van der Waals surface area contributed by atoms with Crippen LogP contribution in [0, 0.1) is 0 Å². The number of benzene rings is 1. The fourth-order valence-corrected chi connectivity index (χ4v) is 1.37. The Balaban J connectivity index is 3.36. The fraction of sp³-hybridized carbons (Fsp3) is 0.400. The van der Waals surface area contributed by atoms with Crippen LogP contribution in [0.5, 0.6) is 0 Å². The van der Waals surface area contributed by atoms with Crippen LogP contribution in [0.1, 0.15) is 5.56 Å². The molecule has 0 radical (unpaired) electrons. The first-order chi connectivity index (χ1) is 8.04. The maximum atomic E-state index is 13.6. The monoisotopic (exact) mass is 273 g/mol. The van der Waals surface area contributed by atoms with Crippen molar-refractivity contribution in [1.29, 1.82) is 0 Å². The van der Waals surface area contributed by atoms with Crippen molar-refractivity contribution in [2.75, 3.05) is 12.4 Å². The SMILES string of the molecule is CNc1ccc(C(F)(C(O)(F)F)C(F)(F)F)cc1. The minimum atomic E-state index is -5.95. The Hall–Kier alpha value is -1.44. The molecule has 1 aromatic rings. The Labute approximate surface area is 98.2 Å². The van der Waals surface area contributed by atoms with Gasteiger partial charge in [0, 0.05) is 18.3 Å². The molecule has 0 bridgehead atoms. The minimum Gasteiger partial charge on any atom is -0.388 e. The second kappa shape index (κ2) is 4.34. The average Bonchev–Trinajstić information content (AvgIpc) is 2.25. The molecule has 0 amide bonds. The molecule has 1 rings (SSSR count). The summed E-state index contributed by atoms with van der Waals surface area (Å²) in [7, 11) is 1.45. The van der Waals surface area contributed by atoms with Gasteiger partial charge in [0.2, 0.25) is 0 Å². The second-order valence-corrected chi connectivity index (χ2v) is 3.52. The van der Waals surface area contributed by atoms with Crippen LogP contribution in [0.3, 0.4) is 0 Å². The van der Waals surface area contributed by atoms with Crippen molar-refractivity contribution >= 4 is 5.69 Å². The number of anilines is 1. The number of alkyl halides is 6. The van der Waals surface area contributed by atoms with E-state index in [9.17, 15) is 26.3 Å². The lowest BCUT2D eigenvalue weighted by Gasteiger charge is -2.31. The van der Waals surface area contributed by atoms with Gasteiger partial charge in [0.05, 0.1) is 0 Å². The summed E-state index contributed by atoms with van der Waals surface area (Å²) in [6, 6.07) is 3.04. The van der Waals surface area contributed by atoms with Gasteiger partial charge in [-0.05, 0) is 12.1 Å². The predicted octanol–water partition coefficient (Wildman–Crippen LogP) is 3.04. The largest absolute Gasteiger partial charge is 0.435 e. The zero-order valence-corrected chi connectivity index (χ0v) is 9.02. The number of aliphatic hydroxyl groups is 1. The number of nitrogens with one attached hydrogen (secondary N) is 1. The molecule has 2 N–H and O–H groups in total. The highest BCUT2D eigenvalue weighted by atomic mass is 19.4. The molecule has 0 aliphatic carbocycles. The topological polar surface area (TPSA) is 32.3 Å². The summed E-state index contributed by atoms with van der Waals surface area (Å²) in [6.45, 7) is 0. The van der Waals surface area contributed by atoms with Crippen molar-refractivity contribution in [2.24, 2.45) is 0 Å². The van der Waals surface area contributed by atoms with Gasteiger partial charge in [-0.25, -0.2) is 4.39 Å². The Kier molecular flexibility index (Phi) is 3.53. The molecule has 1 unspecified atom stereocenters. The van der Waals surface area contributed by atoms with Crippen molar-refractivity contribution in [3.05, 3.63) is 29.8 Å². The lowest BCUT2D eigenvalue weighted by atomic mass is 9.93. The summed E-state index contributed by atoms with van der Waals surface area (Å²) >= 11 is 0. The van der Waals surface area contributed by atoms with Crippen LogP contribution < -0.4 is 5.32 Å². The number of halogens is 6. The van der Waals surface area contributed by atoms with Gasteiger partial charge in [0.15, 0.2) is 0 Å². The van der Waals surface area contributed by atoms with Crippen LogP contribution >= 0.6 is 0 Å². The molecule has 8 heteroatoms. The van der Waals surface area contributed by atoms with E-state index < -0.39 is 23.5 Å². The van der Waals surface area contributed by atoms with Crippen LogP contribution in [0.2, 0.25) is 0 Å². The molecule has 0 aromatic heterocycles. The molecule has 2 nitrogen and oxygen atoms in total. The number of hydrogen-bond donors (Lipinski definition) is 2.